The number of carbonyl (C=O) groups excluding carboxylic acids is 4. The molecule has 17 nitrogen and oxygen atoms in total. The van der Waals surface area contributed by atoms with Crippen LogP contribution in [-0.4, -0.2) is 96.7 Å². The molecule has 0 aromatic heterocycles. The summed E-state index contributed by atoms with van der Waals surface area (Å²) < 4.78 is 68.4. The summed E-state index contributed by atoms with van der Waals surface area (Å²) in [6.07, 6.45) is 54.1. The van der Waals surface area contributed by atoms with Crippen LogP contribution in [0.5, 0.6) is 0 Å². The minimum Gasteiger partial charge on any atom is -0.462 e. The molecule has 0 aliphatic heterocycles. The smallest absolute Gasteiger partial charge is 0.462 e. The maximum Gasteiger partial charge on any atom is 0.472 e. The second-order valence-corrected chi connectivity index (χ2v) is 30.7. The van der Waals surface area contributed by atoms with E-state index < -0.39 is 97.5 Å². The minimum atomic E-state index is -4.96. The summed E-state index contributed by atoms with van der Waals surface area (Å²) in [5.41, 5.74) is 0. The lowest BCUT2D eigenvalue weighted by molar-refractivity contribution is -0.161. The van der Waals surface area contributed by atoms with Crippen LogP contribution in [0, 0.1) is 11.8 Å². The van der Waals surface area contributed by atoms with Crippen molar-refractivity contribution in [1.82, 2.24) is 0 Å². The third kappa shape index (κ3) is 67.3. The first kappa shape index (κ1) is 92.1. The van der Waals surface area contributed by atoms with Crippen LogP contribution in [0.15, 0.2) is 0 Å². The monoisotopic (exact) mass is 1380 g/mol. The maximum atomic E-state index is 13.1. The van der Waals surface area contributed by atoms with Gasteiger partial charge in [0.05, 0.1) is 26.4 Å². The lowest BCUT2D eigenvalue weighted by Gasteiger charge is -2.21. The number of aliphatic hydroxyl groups is 1. The molecule has 0 heterocycles. The normalized spacial score (nSPS) is 14.3. The van der Waals surface area contributed by atoms with Crippen molar-refractivity contribution in [2.75, 3.05) is 39.6 Å². The van der Waals surface area contributed by atoms with Gasteiger partial charge in [0.1, 0.15) is 19.3 Å². The summed E-state index contributed by atoms with van der Waals surface area (Å²) in [5, 5.41) is 10.6. The number of hydrogen-bond donors (Lipinski definition) is 3. The van der Waals surface area contributed by atoms with Crippen LogP contribution in [0.25, 0.3) is 0 Å². The Morgan fingerprint density at radius 1 is 0.309 bits per heavy atom. The zero-order chi connectivity index (χ0) is 69.3. The van der Waals surface area contributed by atoms with Gasteiger partial charge >= 0.3 is 39.5 Å². The van der Waals surface area contributed by atoms with Crippen molar-refractivity contribution >= 4 is 39.5 Å². The van der Waals surface area contributed by atoms with Crippen molar-refractivity contribution in [3.63, 3.8) is 0 Å². The standard InChI is InChI=1S/C75H146O17P2/c1-7-10-12-14-16-31-39-45-51-57-72(77)85-63-70(91-74(79)59-53-47-41-32-17-15-13-11-8-2)65-89-93(81,82)87-61-69(76)62-88-94(83,84)90-66-71(92-75(80)60-54-48-42-36-30-26-20-18-19-23-27-33-37-43-49-55-67(4)5)64-86-73(78)58-52-46-40-35-29-25-22-21-24-28-34-38-44-50-56-68(6)9-3/h67-71,76H,7-66H2,1-6H3,(H,81,82)(H,83,84)/t68?,69-,70+,71+/m0/s1. The van der Waals surface area contributed by atoms with Gasteiger partial charge in [0.2, 0.25) is 0 Å². The third-order valence-electron chi connectivity index (χ3n) is 17.8. The van der Waals surface area contributed by atoms with Gasteiger partial charge in [-0.25, -0.2) is 9.13 Å². The summed E-state index contributed by atoms with van der Waals surface area (Å²) in [7, 11) is -9.90. The number of unbranched alkanes of at least 4 members (excludes halogenated alkanes) is 43. The van der Waals surface area contributed by atoms with E-state index in [2.05, 4.69) is 41.5 Å². The lowest BCUT2D eigenvalue weighted by Crippen LogP contribution is -2.30. The van der Waals surface area contributed by atoms with Crippen molar-refractivity contribution < 1.29 is 80.2 Å². The lowest BCUT2D eigenvalue weighted by atomic mass is 9.99. The van der Waals surface area contributed by atoms with E-state index in [0.717, 1.165) is 102 Å². The van der Waals surface area contributed by atoms with E-state index in [1.165, 1.54) is 205 Å². The molecule has 0 radical (unpaired) electrons. The Hall–Kier alpha value is -1.94. The summed E-state index contributed by atoms with van der Waals surface area (Å²) in [5.74, 6) is -0.466. The second kappa shape index (κ2) is 66.9. The molecule has 0 saturated carbocycles. The van der Waals surface area contributed by atoms with E-state index in [4.69, 9.17) is 37.0 Å². The van der Waals surface area contributed by atoms with Gasteiger partial charge < -0.3 is 33.8 Å². The summed E-state index contributed by atoms with van der Waals surface area (Å²) in [6.45, 7) is 9.64. The van der Waals surface area contributed by atoms with Crippen molar-refractivity contribution in [1.29, 1.82) is 0 Å². The predicted octanol–water partition coefficient (Wildman–Crippen LogP) is 21.9. The fourth-order valence-corrected chi connectivity index (χ4v) is 13.0. The molecule has 558 valence electrons. The average Bonchev–Trinajstić information content (AvgIpc) is 1.15. The van der Waals surface area contributed by atoms with Crippen LogP contribution in [-0.2, 0) is 65.4 Å². The SMILES string of the molecule is CCCCCCCCCCCC(=O)OC[C@H](COP(=O)(O)OC[C@H](O)COP(=O)(O)OC[C@@H](COC(=O)CCCCCCCCCCCCCCCCC(C)CC)OC(=O)CCCCCCCCCCCCCCCCCC(C)C)OC(=O)CCCCCCCCCCC. The fourth-order valence-electron chi connectivity index (χ4n) is 11.4. The quantitative estimate of drug-likeness (QED) is 0.0222. The molecule has 3 N–H and O–H groups in total. The molecule has 0 amide bonds. The Labute approximate surface area is 575 Å². The molecule has 0 aliphatic carbocycles. The van der Waals surface area contributed by atoms with Crippen LogP contribution >= 0.6 is 15.6 Å². The molecular formula is C75H146O17P2. The first-order valence-electron chi connectivity index (χ1n) is 39.0. The van der Waals surface area contributed by atoms with Gasteiger partial charge in [-0.1, -0.05) is 337 Å². The Morgan fingerprint density at radius 2 is 0.543 bits per heavy atom. The molecule has 19 heteroatoms. The molecule has 0 aromatic rings. The van der Waals surface area contributed by atoms with Crippen LogP contribution < -0.4 is 0 Å². The number of hydrogen-bond acceptors (Lipinski definition) is 15. The van der Waals surface area contributed by atoms with Gasteiger partial charge in [0.25, 0.3) is 0 Å². The van der Waals surface area contributed by atoms with E-state index in [-0.39, 0.29) is 25.7 Å². The molecule has 0 aliphatic rings. The molecule has 94 heavy (non-hydrogen) atoms. The van der Waals surface area contributed by atoms with Crippen LogP contribution in [0.1, 0.15) is 388 Å². The highest BCUT2D eigenvalue weighted by Crippen LogP contribution is 2.45. The van der Waals surface area contributed by atoms with Gasteiger partial charge in [-0.15, -0.1) is 0 Å². The van der Waals surface area contributed by atoms with Crippen molar-refractivity contribution in [3.05, 3.63) is 0 Å². The minimum absolute atomic E-state index is 0.106. The number of carbonyl (C=O) groups is 4. The zero-order valence-corrected chi connectivity index (χ0v) is 63.1. The summed E-state index contributed by atoms with van der Waals surface area (Å²) in [4.78, 5) is 72.6. The van der Waals surface area contributed by atoms with Crippen LogP contribution in [0.3, 0.4) is 0 Å². The molecule has 0 rings (SSSR count). The zero-order valence-electron chi connectivity index (χ0n) is 61.3. The molecule has 3 unspecified atom stereocenters. The van der Waals surface area contributed by atoms with Crippen molar-refractivity contribution in [2.24, 2.45) is 11.8 Å². The van der Waals surface area contributed by atoms with Crippen molar-refractivity contribution in [3.8, 4) is 0 Å². The molecule has 0 aromatic carbocycles. The Balaban J connectivity index is 5.19. The largest absolute Gasteiger partial charge is 0.472 e. The molecule has 0 saturated heterocycles. The van der Waals surface area contributed by atoms with E-state index in [1.807, 2.05) is 0 Å². The number of aliphatic hydroxyl groups excluding tert-OH is 1. The highest BCUT2D eigenvalue weighted by molar-refractivity contribution is 7.47. The van der Waals surface area contributed by atoms with E-state index in [0.29, 0.717) is 25.7 Å². The Bertz CT molecular complexity index is 1820. The first-order valence-corrected chi connectivity index (χ1v) is 42.0. The van der Waals surface area contributed by atoms with Gasteiger partial charge in [0, 0.05) is 25.7 Å². The average molecular weight is 1380 g/mol. The Kier molecular flexibility index (Phi) is 65.5. The molecule has 0 bridgehead atoms. The van der Waals surface area contributed by atoms with Gasteiger partial charge in [0.15, 0.2) is 12.2 Å². The van der Waals surface area contributed by atoms with Crippen LogP contribution in [0.2, 0.25) is 0 Å². The van der Waals surface area contributed by atoms with E-state index in [9.17, 15) is 43.2 Å². The number of rotatable bonds is 74. The first-order chi connectivity index (χ1) is 45.4. The Morgan fingerprint density at radius 3 is 0.809 bits per heavy atom. The van der Waals surface area contributed by atoms with Crippen LogP contribution in [0.4, 0.5) is 0 Å². The maximum absolute atomic E-state index is 13.1. The van der Waals surface area contributed by atoms with Gasteiger partial charge in [-0.2, -0.15) is 0 Å². The second-order valence-electron chi connectivity index (χ2n) is 27.8. The van der Waals surface area contributed by atoms with Crippen molar-refractivity contribution in [2.45, 2.75) is 407 Å². The molecule has 6 atom stereocenters. The number of phosphoric ester groups is 2. The molecule has 0 spiro atoms. The van der Waals surface area contributed by atoms with Gasteiger partial charge in [-0.3, -0.25) is 37.3 Å². The number of phosphoric acid groups is 2. The molecule has 0 fully saturated rings. The predicted molar refractivity (Wildman–Crippen MR) is 381 cm³/mol. The fraction of sp³-hybridized carbons (Fsp3) is 0.947. The van der Waals surface area contributed by atoms with E-state index in [1.54, 1.807) is 0 Å². The highest BCUT2D eigenvalue weighted by atomic mass is 31.2. The van der Waals surface area contributed by atoms with Gasteiger partial charge in [-0.05, 0) is 37.5 Å². The van der Waals surface area contributed by atoms with E-state index >= 15 is 0 Å². The topological polar surface area (TPSA) is 237 Å². The summed E-state index contributed by atoms with van der Waals surface area (Å²) >= 11 is 0. The highest BCUT2D eigenvalue weighted by Gasteiger charge is 2.30. The third-order valence-corrected chi connectivity index (χ3v) is 19.7. The summed E-state index contributed by atoms with van der Waals surface area (Å²) in [6, 6.07) is 0. The molecular weight excluding hydrogens is 1230 g/mol. The number of ether oxygens (including phenoxy) is 4. The number of esters is 4.